The molecule has 0 spiro atoms. The quantitative estimate of drug-likeness (QED) is 0.143. The maximum absolute atomic E-state index is 13.9. The van der Waals surface area contributed by atoms with Gasteiger partial charge in [-0.2, -0.15) is 13.6 Å². The van der Waals surface area contributed by atoms with Crippen LogP contribution in [-0.4, -0.2) is 74.6 Å². The summed E-state index contributed by atoms with van der Waals surface area (Å²) >= 11 is 6.21. The van der Waals surface area contributed by atoms with Crippen LogP contribution < -0.4 is 11.3 Å². The van der Waals surface area contributed by atoms with Gasteiger partial charge in [-0.25, -0.2) is 23.1 Å². The van der Waals surface area contributed by atoms with E-state index >= 15 is 0 Å². The molecule has 0 amide bonds. The maximum Gasteiger partial charge on any atom is 0.490 e. The number of rotatable bonds is 9. The summed E-state index contributed by atoms with van der Waals surface area (Å²) in [4.78, 5) is 55.3. The van der Waals surface area contributed by atoms with Crippen molar-refractivity contribution in [2.24, 2.45) is 0 Å². The van der Waals surface area contributed by atoms with Crippen LogP contribution >= 0.6 is 35.1 Å². The molecule has 34 heavy (non-hydrogen) atoms. The first kappa shape index (κ1) is 27.3. The number of aromatic nitrogens is 4. The minimum atomic E-state index is -5.79. The van der Waals surface area contributed by atoms with Crippen molar-refractivity contribution in [2.75, 3.05) is 19.0 Å². The SMILES string of the molecule is Nc1nc2c(ncn2[C@@H]2O[C@H](COP(=O)(O)OP(=O)(O)OP(=O)(O)O)[C@H](O)C2(Cl)CF)c(=O)[nH]1. The number of alkyl halides is 2. The van der Waals surface area contributed by atoms with Gasteiger partial charge < -0.3 is 35.2 Å². The first-order chi connectivity index (χ1) is 15.5. The topological polar surface area (TPSA) is 279 Å². The van der Waals surface area contributed by atoms with Gasteiger partial charge >= 0.3 is 23.5 Å². The molecule has 3 unspecified atom stereocenters. The van der Waals surface area contributed by atoms with Crippen molar-refractivity contribution < 1.29 is 60.6 Å². The third-order valence-electron chi connectivity index (χ3n) is 4.28. The Hall–Kier alpha value is -1.30. The highest BCUT2D eigenvalue weighted by Crippen LogP contribution is 2.66. The van der Waals surface area contributed by atoms with E-state index in [1.165, 1.54) is 0 Å². The first-order valence-electron chi connectivity index (χ1n) is 8.57. The van der Waals surface area contributed by atoms with Crippen molar-refractivity contribution in [3.8, 4) is 0 Å². The van der Waals surface area contributed by atoms with Crippen LogP contribution in [0, 0.1) is 0 Å². The minimum Gasteiger partial charge on any atom is -0.388 e. The Bertz CT molecular complexity index is 1280. The number of hydrogen-bond acceptors (Lipinski definition) is 12. The number of ether oxygens (including phenoxy) is 1. The van der Waals surface area contributed by atoms with Crippen molar-refractivity contribution in [1.82, 2.24) is 19.5 Å². The van der Waals surface area contributed by atoms with Gasteiger partial charge in [0.25, 0.3) is 5.56 Å². The lowest BCUT2D eigenvalue weighted by atomic mass is 10.0. The van der Waals surface area contributed by atoms with E-state index in [2.05, 4.69) is 28.1 Å². The van der Waals surface area contributed by atoms with Gasteiger partial charge in [-0.1, -0.05) is 0 Å². The molecule has 2 aromatic heterocycles. The number of nitrogens with one attached hydrogen (secondary N) is 1. The van der Waals surface area contributed by atoms with E-state index in [0.717, 1.165) is 10.9 Å². The van der Waals surface area contributed by atoms with E-state index in [1.807, 2.05) is 0 Å². The van der Waals surface area contributed by atoms with Gasteiger partial charge in [-0.3, -0.25) is 18.9 Å². The van der Waals surface area contributed by atoms with Crippen LogP contribution in [0.5, 0.6) is 0 Å². The molecule has 192 valence electrons. The molecule has 0 aromatic carbocycles. The Kier molecular flexibility index (Phi) is 7.46. The maximum atomic E-state index is 13.9. The third kappa shape index (κ3) is 5.74. The van der Waals surface area contributed by atoms with E-state index < -0.39 is 65.6 Å². The summed E-state index contributed by atoms with van der Waals surface area (Å²) in [6, 6.07) is 0. The number of aliphatic hydroxyl groups excluding tert-OH is 1. The third-order valence-corrected chi connectivity index (χ3v) is 8.60. The van der Waals surface area contributed by atoms with E-state index in [0.29, 0.717) is 0 Å². The lowest BCUT2D eigenvalue weighted by Crippen LogP contribution is -2.44. The molecular formula is C11H16ClFN5O13P3. The fourth-order valence-corrected chi connectivity index (χ4v) is 6.29. The zero-order valence-electron chi connectivity index (χ0n) is 16.2. The second kappa shape index (κ2) is 9.29. The van der Waals surface area contributed by atoms with E-state index in [9.17, 15) is 32.9 Å². The summed E-state index contributed by atoms with van der Waals surface area (Å²) in [5.41, 5.74) is 4.31. The van der Waals surface area contributed by atoms with Gasteiger partial charge in [0.2, 0.25) is 5.95 Å². The first-order valence-corrected chi connectivity index (χ1v) is 13.5. The van der Waals surface area contributed by atoms with Gasteiger partial charge in [-0.15, -0.1) is 11.6 Å². The van der Waals surface area contributed by atoms with Crippen molar-refractivity contribution in [3.63, 3.8) is 0 Å². The molecule has 3 heterocycles. The van der Waals surface area contributed by atoms with Gasteiger partial charge in [0.1, 0.15) is 23.8 Å². The highest BCUT2D eigenvalue weighted by atomic mass is 35.5. The molecule has 23 heteroatoms. The second-order valence-corrected chi connectivity index (χ2v) is 11.8. The average molecular weight is 574 g/mol. The predicted molar refractivity (Wildman–Crippen MR) is 107 cm³/mol. The molecule has 0 bridgehead atoms. The number of H-pyrrole nitrogens is 1. The standard InChI is InChI=1S/C11H16ClFN5O13P3/c12-11(2-13)6(19)4(1-28-33(24,25)31-34(26,27)30-32(21,22)23)29-9(11)18-3-15-5-7(18)16-10(14)17-8(5)20/h3-4,6,9,19H,1-2H2,(H,24,25)(H,26,27)(H2,21,22,23)(H3,14,16,17,20)/t4-,6+,9-,11?/m1/s1. The van der Waals surface area contributed by atoms with Crippen molar-refractivity contribution in [1.29, 1.82) is 0 Å². The van der Waals surface area contributed by atoms with Crippen molar-refractivity contribution in [2.45, 2.75) is 23.3 Å². The fourth-order valence-electron chi connectivity index (χ4n) is 2.97. The summed E-state index contributed by atoms with van der Waals surface area (Å²) in [6.07, 6.45) is -4.27. The van der Waals surface area contributed by atoms with Gasteiger partial charge in [-0.05, 0) is 0 Å². The van der Waals surface area contributed by atoms with Crippen LogP contribution in [0.2, 0.25) is 0 Å². The molecule has 0 aliphatic carbocycles. The Morgan fingerprint density at radius 1 is 1.26 bits per heavy atom. The molecule has 3 rings (SSSR count). The predicted octanol–water partition coefficient (Wildman–Crippen LogP) is -0.750. The Balaban J connectivity index is 1.82. The largest absolute Gasteiger partial charge is 0.490 e. The summed E-state index contributed by atoms with van der Waals surface area (Å²) in [6.45, 7) is -2.55. The zero-order valence-corrected chi connectivity index (χ0v) is 19.7. The number of fused-ring (bicyclic) bond motifs is 1. The van der Waals surface area contributed by atoms with E-state index in [-0.39, 0.29) is 17.1 Å². The molecule has 1 aliphatic rings. The molecule has 1 fully saturated rings. The number of nitrogen functional groups attached to an aromatic ring is 1. The molecule has 8 N–H and O–H groups in total. The highest BCUT2D eigenvalue weighted by Gasteiger charge is 2.57. The molecule has 1 saturated heterocycles. The molecule has 1 aliphatic heterocycles. The van der Waals surface area contributed by atoms with Gasteiger partial charge in [0.15, 0.2) is 17.4 Å². The number of nitrogens with two attached hydrogens (primary N) is 1. The van der Waals surface area contributed by atoms with Gasteiger partial charge in [0, 0.05) is 0 Å². The Morgan fingerprint density at radius 3 is 2.50 bits per heavy atom. The number of aromatic amines is 1. The summed E-state index contributed by atoms with van der Waals surface area (Å²) in [5, 5.41) is 10.5. The minimum absolute atomic E-state index is 0.203. The van der Waals surface area contributed by atoms with Crippen LogP contribution in [0.15, 0.2) is 11.1 Å². The van der Waals surface area contributed by atoms with Crippen LogP contribution in [0.3, 0.4) is 0 Å². The average Bonchev–Trinajstić information content (AvgIpc) is 3.17. The highest BCUT2D eigenvalue weighted by molar-refractivity contribution is 7.66. The zero-order chi connectivity index (χ0) is 25.7. The lowest BCUT2D eigenvalue weighted by Gasteiger charge is -2.27. The number of halogens is 2. The van der Waals surface area contributed by atoms with Crippen LogP contribution in [0.25, 0.3) is 11.2 Å². The smallest absolute Gasteiger partial charge is 0.388 e. The molecule has 2 aromatic rings. The van der Waals surface area contributed by atoms with Gasteiger partial charge in [0.05, 0.1) is 12.9 Å². The number of phosphoric ester groups is 1. The van der Waals surface area contributed by atoms with Crippen LogP contribution in [-0.2, 0) is 31.6 Å². The van der Waals surface area contributed by atoms with Crippen molar-refractivity contribution >= 4 is 52.2 Å². The summed E-state index contributed by atoms with van der Waals surface area (Å²) < 4.78 is 65.8. The number of hydrogen-bond donors (Lipinski definition) is 7. The normalized spacial score (nSPS) is 29.2. The number of imidazole rings is 1. The van der Waals surface area contributed by atoms with Crippen molar-refractivity contribution in [3.05, 3.63) is 16.7 Å². The number of aliphatic hydroxyl groups is 1. The molecule has 18 nitrogen and oxygen atoms in total. The summed E-state index contributed by atoms with van der Waals surface area (Å²) in [5.74, 6) is -0.331. The van der Waals surface area contributed by atoms with Crippen LogP contribution in [0.4, 0.5) is 10.3 Å². The molecule has 0 saturated carbocycles. The number of phosphoric acid groups is 3. The number of anilines is 1. The Morgan fingerprint density at radius 2 is 1.91 bits per heavy atom. The lowest BCUT2D eigenvalue weighted by molar-refractivity contribution is -0.0438. The summed E-state index contributed by atoms with van der Waals surface area (Å²) in [7, 11) is -17.0. The monoisotopic (exact) mass is 573 g/mol. The fraction of sp³-hybridized carbons (Fsp3) is 0.545. The second-order valence-electron chi connectivity index (χ2n) is 6.69. The number of nitrogens with zero attached hydrogens (tertiary/aromatic N) is 3. The molecule has 0 radical (unpaired) electrons. The van der Waals surface area contributed by atoms with E-state index in [4.69, 9.17) is 36.8 Å². The molecular weight excluding hydrogens is 558 g/mol. The van der Waals surface area contributed by atoms with Crippen LogP contribution in [0.1, 0.15) is 6.23 Å². The Labute approximate surface area is 191 Å². The van der Waals surface area contributed by atoms with E-state index in [1.54, 1.807) is 0 Å². The molecule has 6 atom stereocenters.